The minimum absolute atomic E-state index is 0.160. The molecule has 1 N–H and O–H groups in total. The molecule has 144 valence electrons. The van der Waals surface area contributed by atoms with E-state index in [4.69, 9.17) is 14.2 Å². The molecule has 0 bridgehead atoms. The van der Waals surface area contributed by atoms with Gasteiger partial charge in [0.25, 0.3) is 0 Å². The van der Waals surface area contributed by atoms with Gasteiger partial charge < -0.3 is 19.5 Å². The zero-order valence-corrected chi connectivity index (χ0v) is 16.1. The normalized spacial score (nSPS) is 12.9. The first-order chi connectivity index (χ1) is 13.7. The summed E-state index contributed by atoms with van der Waals surface area (Å²) < 4.78 is 20.7. The van der Waals surface area contributed by atoms with Crippen molar-refractivity contribution in [1.29, 1.82) is 0 Å². The molecule has 0 aliphatic carbocycles. The summed E-state index contributed by atoms with van der Waals surface area (Å²) in [5.74, 6) is 2.57. The molecule has 7 nitrogen and oxygen atoms in total. The molecule has 0 saturated carbocycles. The Bertz CT molecular complexity index is 972. The van der Waals surface area contributed by atoms with Crippen LogP contribution in [0.1, 0.15) is 12.0 Å². The van der Waals surface area contributed by atoms with Crippen molar-refractivity contribution in [2.45, 2.75) is 12.8 Å². The number of nitrogens with one attached hydrogen (secondary N) is 1. The second kappa shape index (κ2) is 8.26. The lowest BCUT2D eigenvalue weighted by Crippen LogP contribution is -2.14. The fourth-order valence-corrected chi connectivity index (χ4v) is 3.40. The van der Waals surface area contributed by atoms with Crippen LogP contribution in [0.5, 0.6) is 17.2 Å². The largest absolute Gasteiger partial charge is 0.497 e. The molecule has 28 heavy (non-hydrogen) atoms. The van der Waals surface area contributed by atoms with Crippen LogP contribution in [0, 0.1) is 0 Å². The highest BCUT2D eigenvalue weighted by atomic mass is 32.1. The number of fused-ring (bicyclic) bond motifs is 1. The van der Waals surface area contributed by atoms with Crippen molar-refractivity contribution in [2.24, 2.45) is 0 Å². The molecule has 1 aromatic heterocycles. The van der Waals surface area contributed by atoms with Crippen LogP contribution < -0.4 is 19.5 Å². The van der Waals surface area contributed by atoms with Crippen molar-refractivity contribution in [2.75, 3.05) is 25.6 Å². The second-order valence-electron chi connectivity index (χ2n) is 6.21. The van der Waals surface area contributed by atoms with Crippen LogP contribution in [0.3, 0.4) is 0 Å². The fourth-order valence-electron chi connectivity index (χ4n) is 2.80. The van der Waals surface area contributed by atoms with Gasteiger partial charge in [0, 0.05) is 23.5 Å². The van der Waals surface area contributed by atoms with Crippen LogP contribution in [0.25, 0.3) is 11.4 Å². The van der Waals surface area contributed by atoms with Crippen molar-refractivity contribution >= 4 is 22.6 Å². The van der Waals surface area contributed by atoms with E-state index in [-0.39, 0.29) is 12.3 Å². The Labute approximate surface area is 166 Å². The van der Waals surface area contributed by atoms with Gasteiger partial charge in [0.05, 0.1) is 26.7 Å². The molecule has 1 aliphatic heterocycles. The summed E-state index contributed by atoms with van der Waals surface area (Å²) in [6.07, 6.45) is 1.06. The topological polar surface area (TPSA) is 82.6 Å². The number of hydrogen-bond acceptors (Lipinski definition) is 7. The number of anilines is 1. The van der Waals surface area contributed by atoms with E-state index in [0.29, 0.717) is 29.9 Å². The summed E-state index contributed by atoms with van der Waals surface area (Å²) in [7, 11) is 1.62. The van der Waals surface area contributed by atoms with Gasteiger partial charge in [0.15, 0.2) is 17.3 Å². The number of ether oxygens (including phenoxy) is 3. The van der Waals surface area contributed by atoms with E-state index in [2.05, 4.69) is 14.7 Å². The molecule has 4 rings (SSSR count). The number of methoxy groups -OCH3 is 1. The van der Waals surface area contributed by atoms with Gasteiger partial charge in [0.1, 0.15) is 5.75 Å². The smallest absolute Gasteiger partial charge is 0.230 e. The van der Waals surface area contributed by atoms with Crippen molar-refractivity contribution in [3.63, 3.8) is 0 Å². The number of carbonyl (C=O) groups excluding carboxylic acids is 1. The molecule has 0 saturated heterocycles. The van der Waals surface area contributed by atoms with E-state index in [1.807, 2.05) is 42.5 Å². The van der Waals surface area contributed by atoms with Gasteiger partial charge in [0.2, 0.25) is 11.0 Å². The average molecular weight is 397 g/mol. The van der Waals surface area contributed by atoms with Crippen LogP contribution in [0.2, 0.25) is 0 Å². The zero-order valence-electron chi connectivity index (χ0n) is 15.3. The lowest BCUT2D eigenvalue weighted by molar-refractivity contribution is -0.115. The van der Waals surface area contributed by atoms with Crippen molar-refractivity contribution in [1.82, 2.24) is 9.36 Å². The highest BCUT2D eigenvalue weighted by molar-refractivity contribution is 7.10. The maximum absolute atomic E-state index is 12.4. The molecular formula is C20H19N3O4S. The van der Waals surface area contributed by atoms with Gasteiger partial charge in [-0.3, -0.25) is 4.79 Å². The Morgan fingerprint density at radius 2 is 1.93 bits per heavy atom. The van der Waals surface area contributed by atoms with Crippen molar-refractivity contribution < 1.29 is 19.0 Å². The molecule has 0 fully saturated rings. The molecule has 0 radical (unpaired) electrons. The standard InChI is InChI=1S/C20H19N3O4S/c1-25-15-6-4-14(5-7-15)19-22-20(28-23-19)21-18(24)12-13-3-8-16-17(11-13)27-10-2-9-26-16/h3-8,11H,2,9-10,12H2,1H3,(H,21,22,23,24). The number of nitrogens with zero attached hydrogens (tertiary/aromatic N) is 2. The first kappa shape index (κ1) is 18.2. The molecule has 2 aromatic carbocycles. The number of amides is 1. The highest BCUT2D eigenvalue weighted by Crippen LogP contribution is 2.30. The Hall–Kier alpha value is -3.13. The van der Waals surface area contributed by atoms with Gasteiger partial charge in [-0.15, -0.1) is 0 Å². The van der Waals surface area contributed by atoms with Crippen LogP contribution in [0.15, 0.2) is 42.5 Å². The predicted molar refractivity (Wildman–Crippen MR) is 106 cm³/mol. The summed E-state index contributed by atoms with van der Waals surface area (Å²) in [6, 6.07) is 13.0. The number of benzene rings is 2. The molecular weight excluding hydrogens is 378 g/mol. The fraction of sp³-hybridized carbons (Fsp3) is 0.250. The Morgan fingerprint density at radius 1 is 1.14 bits per heavy atom. The molecule has 0 spiro atoms. The van der Waals surface area contributed by atoms with E-state index < -0.39 is 0 Å². The molecule has 0 atom stereocenters. The highest BCUT2D eigenvalue weighted by Gasteiger charge is 2.14. The van der Waals surface area contributed by atoms with Gasteiger partial charge in [-0.2, -0.15) is 9.36 Å². The first-order valence-corrected chi connectivity index (χ1v) is 9.65. The van der Waals surface area contributed by atoms with Crippen molar-refractivity contribution in [3.8, 4) is 28.6 Å². The molecule has 8 heteroatoms. The van der Waals surface area contributed by atoms with Gasteiger partial charge >= 0.3 is 0 Å². The van der Waals surface area contributed by atoms with Gasteiger partial charge in [-0.1, -0.05) is 6.07 Å². The Balaban J connectivity index is 1.40. The predicted octanol–water partition coefficient (Wildman–Crippen LogP) is 3.56. The third-order valence-electron chi connectivity index (χ3n) is 4.20. The average Bonchev–Trinajstić information content (AvgIpc) is 3.04. The molecule has 2 heterocycles. The Morgan fingerprint density at radius 3 is 2.71 bits per heavy atom. The van der Waals surface area contributed by atoms with Crippen molar-refractivity contribution in [3.05, 3.63) is 48.0 Å². The summed E-state index contributed by atoms with van der Waals surface area (Å²) in [5.41, 5.74) is 1.71. The molecule has 0 unspecified atom stereocenters. The van der Waals surface area contributed by atoms with Gasteiger partial charge in [-0.25, -0.2) is 0 Å². The third-order valence-corrected chi connectivity index (χ3v) is 4.83. The molecule has 1 aliphatic rings. The summed E-state index contributed by atoms with van der Waals surface area (Å²) in [5, 5.41) is 3.27. The number of carbonyl (C=O) groups is 1. The van der Waals surface area contributed by atoms with E-state index >= 15 is 0 Å². The summed E-state index contributed by atoms with van der Waals surface area (Å²) in [6.45, 7) is 1.25. The van der Waals surface area contributed by atoms with Crippen LogP contribution in [-0.2, 0) is 11.2 Å². The monoisotopic (exact) mass is 397 g/mol. The van der Waals surface area contributed by atoms with Crippen LogP contribution in [-0.4, -0.2) is 35.6 Å². The minimum atomic E-state index is -0.160. The van der Waals surface area contributed by atoms with Crippen LogP contribution in [0.4, 0.5) is 5.13 Å². The minimum Gasteiger partial charge on any atom is -0.497 e. The number of aromatic nitrogens is 2. The third kappa shape index (κ3) is 4.23. The lowest BCUT2D eigenvalue weighted by atomic mass is 10.1. The number of hydrogen-bond donors (Lipinski definition) is 1. The van der Waals surface area contributed by atoms with E-state index in [9.17, 15) is 4.79 Å². The zero-order chi connectivity index (χ0) is 19.3. The van der Waals surface area contributed by atoms with E-state index in [0.717, 1.165) is 40.6 Å². The second-order valence-corrected chi connectivity index (χ2v) is 6.96. The maximum atomic E-state index is 12.4. The van der Waals surface area contributed by atoms with E-state index in [1.54, 1.807) is 7.11 Å². The Kier molecular flexibility index (Phi) is 5.38. The first-order valence-electron chi connectivity index (χ1n) is 8.88. The van der Waals surface area contributed by atoms with Crippen LogP contribution >= 0.6 is 11.5 Å². The van der Waals surface area contributed by atoms with E-state index in [1.165, 1.54) is 0 Å². The molecule has 3 aromatic rings. The van der Waals surface area contributed by atoms with Gasteiger partial charge in [-0.05, 0) is 42.0 Å². The summed E-state index contributed by atoms with van der Waals surface area (Å²) in [4.78, 5) is 16.8. The lowest BCUT2D eigenvalue weighted by Gasteiger charge is -2.09. The number of rotatable bonds is 5. The quantitative estimate of drug-likeness (QED) is 0.709. The maximum Gasteiger partial charge on any atom is 0.230 e. The summed E-state index contributed by atoms with van der Waals surface area (Å²) >= 11 is 1.15. The molecule has 1 amide bonds. The SMILES string of the molecule is COc1ccc(-c2nsc(NC(=O)Cc3ccc4c(c3)OCCCO4)n2)cc1.